The Labute approximate surface area is 156 Å². The van der Waals surface area contributed by atoms with Crippen LogP contribution in [0.25, 0.3) is 17.1 Å². The Morgan fingerprint density at radius 3 is 2.22 bits per heavy atom. The molecule has 0 aliphatic carbocycles. The van der Waals surface area contributed by atoms with Crippen molar-refractivity contribution < 1.29 is 9.18 Å². The van der Waals surface area contributed by atoms with Crippen molar-refractivity contribution in [2.75, 3.05) is 7.05 Å². The van der Waals surface area contributed by atoms with Crippen molar-refractivity contribution in [2.24, 2.45) is 11.6 Å². The third-order valence-electron chi connectivity index (χ3n) is 4.16. The molecular formula is C20H20FN5O. The van der Waals surface area contributed by atoms with Gasteiger partial charge in [0.25, 0.3) is 0 Å². The van der Waals surface area contributed by atoms with Gasteiger partial charge in [-0.3, -0.25) is 4.79 Å². The van der Waals surface area contributed by atoms with E-state index in [0.717, 1.165) is 5.69 Å². The minimum absolute atomic E-state index is 0.00918. The number of nitrogens with zero attached hydrogens (tertiary/aromatic N) is 3. The number of carbonyl (C=O) groups is 1. The van der Waals surface area contributed by atoms with Gasteiger partial charge in [-0.1, -0.05) is 0 Å². The first-order chi connectivity index (χ1) is 12.9. The van der Waals surface area contributed by atoms with E-state index in [1.54, 1.807) is 48.4 Å². The molecule has 1 heterocycles. The maximum Gasteiger partial charge on any atom is 0.159 e. The second-order valence-corrected chi connectivity index (χ2v) is 6.15. The summed E-state index contributed by atoms with van der Waals surface area (Å²) in [5, 5.41) is 1.38. The number of carbonyl (C=O) groups excluding carboxylic acids is 1. The van der Waals surface area contributed by atoms with Crippen LogP contribution < -0.4 is 11.6 Å². The molecule has 0 saturated carbocycles. The van der Waals surface area contributed by atoms with Gasteiger partial charge in [-0.25, -0.2) is 15.2 Å². The summed E-state index contributed by atoms with van der Waals surface area (Å²) >= 11 is 0. The number of aromatic nitrogens is 2. The van der Waals surface area contributed by atoms with Crippen LogP contribution in [0, 0.1) is 5.82 Å². The van der Waals surface area contributed by atoms with Crippen molar-refractivity contribution in [3.63, 3.8) is 0 Å². The molecule has 0 fully saturated rings. The highest BCUT2D eigenvalue weighted by Crippen LogP contribution is 2.24. The van der Waals surface area contributed by atoms with Crippen LogP contribution in [0.3, 0.4) is 0 Å². The first kappa shape index (κ1) is 18.3. The quantitative estimate of drug-likeness (QED) is 0.412. The maximum atomic E-state index is 13.2. The van der Waals surface area contributed by atoms with E-state index in [0.29, 0.717) is 28.2 Å². The summed E-state index contributed by atoms with van der Waals surface area (Å²) in [4.78, 5) is 15.8. The zero-order valence-electron chi connectivity index (χ0n) is 15.1. The van der Waals surface area contributed by atoms with E-state index in [1.807, 2.05) is 12.1 Å². The molecule has 0 saturated heterocycles. The van der Waals surface area contributed by atoms with Crippen LogP contribution in [0.1, 0.15) is 28.5 Å². The second-order valence-electron chi connectivity index (χ2n) is 6.15. The number of Topliss-reactive ketones (excluding diaryl/α,β-unsaturated/α-hetero) is 1. The molecule has 0 radical (unpaired) electrons. The van der Waals surface area contributed by atoms with Crippen LogP contribution in [-0.4, -0.2) is 27.4 Å². The summed E-state index contributed by atoms with van der Waals surface area (Å²) < 4.78 is 15.0. The molecule has 0 aliphatic rings. The molecule has 0 unspecified atom stereocenters. The first-order valence-electron chi connectivity index (χ1n) is 8.26. The molecule has 1 aromatic heterocycles. The topological polar surface area (TPSA) is 90.2 Å². The smallest absolute Gasteiger partial charge is 0.159 e. The average molecular weight is 365 g/mol. The lowest BCUT2D eigenvalue weighted by molar-refractivity contribution is 0.101. The summed E-state index contributed by atoms with van der Waals surface area (Å²) in [6.45, 7) is 1.52. The lowest BCUT2D eigenvalue weighted by Crippen LogP contribution is -2.27. The lowest BCUT2D eigenvalue weighted by Gasteiger charge is -2.18. The molecule has 0 amide bonds. The van der Waals surface area contributed by atoms with Gasteiger partial charge in [0, 0.05) is 24.5 Å². The van der Waals surface area contributed by atoms with Gasteiger partial charge in [0.1, 0.15) is 17.2 Å². The van der Waals surface area contributed by atoms with Crippen LogP contribution in [0.2, 0.25) is 0 Å². The van der Waals surface area contributed by atoms with Gasteiger partial charge in [-0.15, -0.1) is 0 Å². The second kappa shape index (κ2) is 7.43. The molecule has 0 aliphatic heterocycles. The zero-order chi connectivity index (χ0) is 19.6. The molecule has 3 aromatic rings. The Hall–Kier alpha value is -3.45. The van der Waals surface area contributed by atoms with Crippen LogP contribution in [0.4, 0.5) is 4.39 Å². The van der Waals surface area contributed by atoms with Crippen molar-refractivity contribution in [1.82, 2.24) is 14.6 Å². The summed E-state index contributed by atoms with van der Waals surface area (Å²) in [5.74, 6) is 5.64. The standard InChI is InChI=1S/C20H20FN5O/c1-13(27)14-5-9-17(10-6-14)26-11-18(24-12-26)20(25(2)23)19(22)15-3-7-16(21)8-4-15/h3-12H,22-23H2,1-2H3/b20-19-. The van der Waals surface area contributed by atoms with Gasteiger partial charge in [-0.2, -0.15) is 0 Å². The number of benzene rings is 2. The third kappa shape index (κ3) is 3.88. The molecular weight excluding hydrogens is 345 g/mol. The molecule has 6 nitrogen and oxygen atoms in total. The van der Waals surface area contributed by atoms with Crippen molar-refractivity contribution in [2.45, 2.75) is 6.92 Å². The predicted molar refractivity (Wildman–Crippen MR) is 103 cm³/mol. The molecule has 7 heteroatoms. The summed E-state index contributed by atoms with van der Waals surface area (Å²) in [6, 6.07) is 13.0. The normalized spacial score (nSPS) is 11.9. The number of rotatable bonds is 5. The zero-order valence-corrected chi connectivity index (χ0v) is 15.1. The maximum absolute atomic E-state index is 13.2. The number of imidazole rings is 1. The predicted octanol–water partition coefficient (Wildman–Crippen LogP) is 2.80. The molecule has 27 heavy (non-hydrogen) atoms. The largest absolute Gasteiger partial charge is 0.396 e. The minimum atomic E-state index is -0.340. The Bertz CT molecular complexity index is 988. The Morgan fingerprint density at radius 2 is 1.67 bits per heavy atom. The highest BCUT2D eigenvalue weighted by atomic mass is 19.1. The summed E-state index contributed by atoms with van der Waals surface area (Å²) in [7, 11) is 1.66. The van der Waals surface area contributed by atoms with Gasteiger partial charge in [0.05, 0.1) is 12.0 Å². The molecule has 0 atom stereocenters. The van der Waals surface area contributed by atoms with E-state index in [9.17, 15) is 9.18 Å². The van der Waals surface area contributed by atoms with Crippen molar-refractivity contribution in [3.8, 4) is 5.69 Å². The fourth-order valence-electron chi connectivity index (χ4n) is 2.73. The highest BCUT2D eigenvalue weighted by Gasteiger charge is 2.15. The number of hydrogen-bond donors (Lipinski definition) is 2. The molecule has 4 N–H and O–H groups in total. The SMILES string of the molecule is CC(=O)c1ccc(-n2cnc(/C(=C(/N)c3ccc(F)cc3)N(C)N)c2)cc1. The van der Waals surface area contributed by atoms with Crippen LogP contribution in [-0.2, 0) is 0 Å². The Balaban J connectivity index is 1.99. The van der Waals surface area contributed by atoms with Crippen molar-refractivity contribution >= 4 is 17.2 Å². The van der Waals surface area contributed by atoms with Gasteiger partial charge >= 0.3 is 0 Å². The molecule has 3 rings (SSSR count). The van der Waals surface area contributed by atoms with Crippen molar-refractivity contribution in [3.05, 3.63) is 83.7 Å². The number of halogens is 1. The fourth-order valence-corrected chi connectivity index (χ4v) is 2.73. The van der Waals surface area contributed by atoms with Crippen molar-refractivity contribution in [1.29, 1.82) is 0 Å². The molecule has 2 aromatic carbocycles. The third-order valence-corrected chi connectivity index (χ3v) is 4.16. The molecule has 0 spiro atoms. The highest BCUT2D eigenvalue weighted by molar-refractivity contribution is 5.94. The van der Waals surface area contributed by atoms with E-state index in [4.69, 9.17) is 11.6 Å². The fraction of sp³-hybridized carbons (Fsp3) is 0.100. The van der Waals surface area contributed by atoms with E-state index >= 15 is 0 Å². The number of ketones is 1. The van der Waals surface area contributed by atoms with Gasteiger partial charge in [-0.05, 0) is 61.0 Å². The van der Waals surface area contributed by atoms with E-state index in [2.05, 4.69) is 4.98 Å². The molecule has 0 bridgehead atoms. The van der Waals surface area contributed by atoms with Crippen LogP contribution >= 0.6 is 0 Å². The van der Waals surface area contributed by atoms with Gasteiger partial charge < -0.3 is 15.3 Å². The average Bonchev–Trinajstić information content (AvgIpc) is 3.11. The Kier molecular flexibility index (Phi) is 5.05. The van der Waals surface area contributed by atoms with Gasteiger partial charge in [0.2, 0.25) is 0 Å². The number of hydrazine groups is 1. The number of hydrogen-bond acceptors (Lipinski definition) is 5. The van der Waals surface area contributed by atoms with Crippen LogP contribution in [0.15, 0.2) is 61.1 Å². The van der Waals surface area contributed by atoms with E-state index in [-0.39, 0.29) is 11.6 Å². The first-order valence-corrected chi connectivity index (χ1v) is 8.26. The minimum Gasteiger partial charge on any atom is -0.396 e. The monoisotopic (exact) mass is 365 g/mol. The Morgan fingerprint density at radius 1 is 1.07 bits per heavy atom. The molecule has 138 valence electrons. The van der Waals surface area contributed by atoms with Gasteiger partial charge in [0.15, 0.2) is 5.78 Å². The van der Waals surface area contributed by atoms with Crippen LogP contribution in [0.5, 0.6) is 0 Å². The number of nitrogens with two attached hydrogens (primary N) is 2. The lowest BCUT2D eigenvalue weighted by atomic mass is 10.1. The summed E-state index contributed by atoms with van der Waals surface area (Å²) in [5.41, 5.74) is 9.87. The van der Waals surface area contributed by atoms with E-state index < -0.39 is 0 Å². The summed E-state index contributed by atoms with van der Waals surface area (Å²) in [6.07, 6.45) is 3.43. The van der Waals surface area contributed by atoms with E-state index in [1.165, 1.54) is 24.1 Å².